The molecular weight excluding hydrogens is 276 g/mol. The Kier molecular flexibility index (Phi) is 3.35. The zero-order chi connectivity index (χ0) is 15.1. The van der Waals surface area contributed by atoms with Crippen molar-refractivity contribution in [2.75, 3.05) is 7.05 Å². The van der Waals surface area contributed by atoms with Gasteiger partial charge in [0.1, 0.15) is 0 Å². The number of fused-ring (bicyclic) bond motifs is 1. The number of hydrazine groups is 1. The van der Waals surface area contributed by atoms with Gasteiger partial charge < -0.3 is 5.73 Å². The second-order valence-electron chi connectivity index (χ2n) is 6.31. The monoisotopic (exact) mass is 298 g/mol. The number of H-pyrrole nitrogens is 1. The van der Waals surface area contributed by atoms with Gasteiger partial charge in [0, 0.05) is 43.2 Å². The Balaban J connectivity index is 1.68. The maximum absolute atomic E-state index is 6.38. The Bertz CT molecular complexity index is 629. The van der Waals surface area contributed by atoms with Crippen LogP contribution in [0.1, 0.15) is 37.3 Å². The maximum atomic E-state index is 6.38. The Morgan fingerprint density at radius 1 is 1.32 bits per heavy atom. The van der Waals surface area contributed by atoms with E-state index in [0.717, 1.165) is 24.1 Å². The first-order valence-corrected chi connectivity index (χ1v) is 7.98. The molecule has 3 aliphatic rings. The molecule has 0 aromatic carbocycles. The maximum Gasteiger partial charge on any atom is 0.0778 e. The van der Waals surface area contributed by atoms with Crippen molar-refractivity contribution < 1.29 is 0 Å². The standard InChI is InChI=1S/C16H22N6/c1-21-14(11-9-19-20-10-11)8-15-16(18-6-7-22(15)21)12-4-2-3-5-13(12)17/h6-10,12-14H,2-5,17H2,1H3,(H,19,20). The third-order valence-corrected chi connectivity index (χ3v) is 5.02. The zero-order valence-corrected chi connectivity index (χ0v) is 12.8. The highest BCUT2D eigenvalue weighted by Crippen LogP contribution is 2.38. The van der Waals surface area contributed by atoms with E-state index in [9.17, 15) is 0 Å². The van der Waals surface area contributed by atoms with E-state index in [1.807, 2.05) is 24.8 Å². The number of nitrogens with two attached hydrogens (primary N) is 1. The number of hydrogen-bond acceptors (Lipinski definition) is 5. The average molecular weight is 298 g/mol. The third-order valence-electron chi connectivity index (χ3n) is 5.02. The number of nitrogens with one attached hydrogen (secondary N) is 1. The molecule has 0 bridgehead atoms. The van der Waals surface area contributed by atoms with Crippen LogP contribution < -0.4 is 5.73 Å². The van der Waals surface area contributed by atoms with Crippen LogP contribution in [0.15, 0.2) is 41.6 Å². The first-order valence-electron chi connectivity index (χ1n) is 7.98. The summed E-state index contributed by atoms with van der Waals surface area (Å²) in [6.45, 7) is 0. The summed E-state index contributed by atoms with van der Waals surface area (Å²) in [5.41, 5.74) is 9.86. The van der Waals surface area contributed by atoms with Gasteiger partial charge in [-0.2, -0.15) is 5.10 Å². The molecule has 0 saturated heterocycles. The summed E-state index contributed by atoms with van der Waals surface area (Å²) in [5, 5.41) is 11.4. The Morgan fingerprint density at radius 2 is 2.18 bits per heavy atom. The Hall–Kier alpha value is -1.92. The fraction of sp³-hybridized carbons (Fsp3) is 0.500. The van der Waals surface area contributed by atoms with Crippen molar-refractivity contribution in [3.8, 4) is 0 Å². The van der Waals surface area contributed by atoms with Crippen LogP contribution in [0.5, 0.6) is 0 Å². The van der Waals surface area contributed by atoms with Gasteiger partial charge in [-0.25, -0.2) is 5.01 Å². The molecule has 116 valence electrons. The van der Waals surface area contributed by atoms with E-state index in [-0.39, 0.29) is 12.1 Å². The predicted molar refractivity (Wildman–Crippen MR) is 85.5 cm³/mol. The minimum absolute atomic E-state index is 0.182. The van der Waals surface area contributed by atoms with Crippen LogP contribution in [0.4, 0.5) is 0 Å². The molecule has 3 heterocycles. The van der Waals surface area contributed by atoms with Gasteiger partial charge in [-0.15, -0.1) is 0 Å². The summed E-state index contributed by atoms with van der Waals surface area (Å²) in [6.07, 6.45) is 14.7. The molecule has 1 aromatic heterocycles. The highest BCUT2D eigenvalue weighted by Gasteiger charge is 2.37. The van der Waals surface area contributed by atoms with Gasteiger partial charge in [0.25, 0.3) is 0 Å². The minimum Gasteiger partial charge on any atom is -0.327 e. The van der Waals surface area contributed by atoms with E-state index in [0.29, 0.717) is 5.92 Å². The number of likely N-dealkylation sites (N-methyl/N-ethyl adjacent to an activating group) is 1. The van der Waals surface area contributed by atoms with Crippen LogP contribution in [-0.2, 0) is 0 Å². The van der Waals surface area contributed by atoms with E-state index < -0.39 is 0 Å². The molecule has 3 unspecified atom stereocenters. The third kappa shape index (κ3) is 2.10. The lowest BCUT2D eigenvalue weighted by Gasteiger charge is -2.35. The molecule has 0 radical (unpaired) electrons. The number of aromatic nitrogens is 2. The number of nitrogens with zero attached hydrogens (tertiary/aromatic N) is 4. The molecule has 0 spiro atoms. The van der Waals surface area contributed by atoms with Gasteiger partial charge >= 0.3 is 0 Å². The normalized spacial score (nSPS) is 31.9. The fourth-order valence-electron chi connectivity index (χ4n) is 3.79. The van der Waals surface area contributed by atoms with E-state index in [1.165, 1.54) is 18.5 Å². The van der Waals surface area contributed by atoms with E-state index >= 15 is 0 Å². The summed E-state index contributed by atoms with van der Waals surface area (Å²) in [5.74, 6) is 0.365. The predicted octanol–water partition coefficient (Wildman–Crippen LogP) is 1.94. The van der Waals surface area contributed by atoms with E-state index in [4.69, 9.17) is 10.7 Å². The van der Waals surface area contributed by atoms with Crippen LogP contribution in [0, 0.1) is 5.92 Å². The van der Waals surface area contributed by atoms with Crippen molar-refractivity contribution in [1.29, 1.82) is 0 Å². The van der Waals surface area contributed by atoms with E-state index in [1.54, 1.807) is 0 Å². The summed E-state index contributed by atoms with van der Waals surface area (Å²) in [7, 11) is 2.09. The minimum atomic E-state index is 0.182. The summed E-state index contributed by atoms with van der Waals surface area (Å²) in [6, 6.07) is 0.404. The molecule has 1 aliphatic carbocycles. The Morgan fingerprint density at radius 3 is 2.95 bits per heavy atom. The van der Waals surface area contributed by atoms with E-state index in [2.05, 4.69) is 33.3 Å². The molecular formula is C16H22N6. The molecule has 0 amide bonds. The number of allylic oxidation sites excluding steroid dienone is 1. The number of rotatable bonds is 2. The molecule has 3 N–H and O–H groups in total. The Labute approximate surface area is 130 Å². The molecule has 6 heteroatoms. The lowest BCUT2D eigenvalue weighted by atomic mass is 9.80. The number of aromatic amines is 1. The van der Waals surface area contributed by atoms with Gasteiger partial charge in [0.2, 0.25) is 0 Å². The van der Waals surface area contributed by atoms with Crippen molar-refractivity contribution in [2.45, 2.75) is 37.8 Å². The smallest absolute Gasteiger partial charge is 0.0778 e. The molecule has 4 rings (SSSR count). The van der Waals surface area contributed by atoms with Crippen molar-refractivity contribution in [2.24, 2.45) is 16.6 Å². The van der Waals surface area contributed by atoms with Gasteiger partial charge in [-0.3, -0.25) is 15.1 Å². The van der Waals surface area contributed by atoms with Gasteiger partial charge in [0.05, 0.1) is 23.6 Å². The molecule has 1 aromatic rings. The van der Waals surface area contributed by atoms with Crippen molar-refractivity contribution in [3.63, 3.8) is 0 Å². The fourth-order valence-corrected chi connectivity index (χ4v) is 3.79. The van der Waals surface area contributed by atoms with Crippen LogP contribution in [0.25, 0.3) is 0 Å². The first kappa shape index (κ1) is 13.7. The highest BCUT2D eigenvalue weighted by molar-refractivity contribution is 6.03. The lowest BCUT2D eigenvalue weighted by molar-refractivity contribution is 0.0881. The molecule has 1 saturated carbocycles. The van der Waals surface area contributed by atoms with Crippen LogP contribution >= 0.6 is 0 Å². The molecule has 2 aliphatic heterocycles. The number of hydrogen-bond donors (Lipinski definition) is 2. The van der Waals surface area contributed by atoms with Crippen LogP contribution in [0.2, 0.25) is 0 Å². The molecule has 1 fully saturated rings. The van der Waals surface area contributed by atoms with Crippen molar-refractivity contribution in [3.05, 3.63) is 42.1 Å². The molecule has 3 atom stereocenters. The van der Waals surface area contributed by atoms with Crippen molar-refractivity contribution in [1.82, 2.24) is 20.2 Å². The zero-order valence-electron chi connectivity index (χ0n) is 12.8. The quantitative estimate of drug-likeness (QED) is 0.875. The first-order chi connectivity index (χ1) is 10.8. The number of aliphatic imine (C=N–C) groups is 1. The summed E-state index contributed by atoms with van der Waals surface area (Å²) >= 11 is 0. The SMILES string of the molecule is CN1C(c2cn[nH]c2)C=C2C(C3CCCCC3N)=NC=CN21. The second-order valence-corrected chi connectivity index (χ2v) is 6.31. The van der Waals surface area contributed by atoms with Gasteiger partial charge in [-0.05, 0) is 18.9 Å². The highest BCUT2D eigenvalue weighted by atomic mass is 15.6. The molecule has 22 heavy (non-hydrogen) atoms. The topological polar surface area (TPSA) is 73.5 Å². The molecule has 6 nitrogen and oxygen atoms in total. The van der Waals surface area contributed by atoms with Crippen LogP contribution in [-0.4, -0.2) is 39.0 Å². The summed E-state index contributed by atoms with van der Waals surface area (Å²) < 4.78 is 0. The summed E-state index contributed by atoms with van der Waals surface area (Å²) in [4.78, 5) is 4.69. The van der Waals surface area contributed by atoms with Gasteiger partial charge in [0.15, 0.2) is 0 Å². The lowest BCUT2D eigenvalue weighted by Crippen LogP contribution is -2.42. The largest absolute Gasteiger partial charge is 0.327 e. The van der Waals surface area contributed by atoms with Crippen LogP contribution in [0.3, 0.4) is 0 Å². The second kappa shape index (κ2) is 5.37. The van der Waals surface area contributed by atoms with Gasteiger partial charge in [-0.1, -0.05) is 12.8 Å². The average Bonchev–Trinajstić information content (AvgIpc) is 3.16. The van der Waals surface area contributed by atoms with Crippen molar-refractivity contribution >= 4 is 5.71 Å².